The third-order valence-electron chi connectivity index (χ3n) is 5.59. The summed E-state index contributed by atoms with van der Waals surface area (Å²) in [6, 6.07) is 19.4. The van der Waals surface area contributed by atoms with Gasteiger partial charge >= 0.3 is 0 Å². The molecule has 1 N–H and O–H groups in total. The number of hydrogen-bond acceptors (Lipinski definition) is 1. The molecule has 0 aliphatic carbocycles. The average Bonchev–Trinajstić information content (AvgIpc) is 3.05. The Hall–Kier alpha value is -3.13. The van der Waals surface area contributed by atoms with Gasteiger partial charge in [0.1, 0.15) is 5.82 Å². The molecule has 29 heavy (non-hydrogen) atoms. The van der Waals surface area contributed by atoms with Crippen LogP contribution in [-0.4, -0.2) is 9.97 Å². The maximum absolute atomic E-state index is 5.13. The number of hydrogen-bond donors (Lipinski definition) is 1. The number of rotatable bonds is 3. The number of imidazole rings is 1. The number of nitrogens with one attached hydrogen (secondary N) is 1. The zero-order valence-electron chi connectivity index (χ0n) is 18.1. The Labute approximate surface area is 173 Å². The van der Waals surface area contributed by atoms with Gasteiger partial charge in [0, 0.05) is 16.7 Å². The van der Waals surface area contributed by atoms with Crippen molar-refractivity contribution < 1.29 is 0 Å². The highest BCUT2D eigenvalue weighted by molar-refractivity contribution is 5.85. The lowest BCUT2D eigenvalue weighted by Gasteiger charge is -2.12. The van der Waals surface area contributed by atoms with Crippen LogP contribution in [0, 0.1) is 41.5 Å². The maximum Gasteiger partial charge on any atom is 0.139 e. The molecule has 1 heterocycles. The van der Waals surface area contributed by atoms with E-state index in [1.807, 2.05) is 6.07 Å². The summed E-state index contributed by atoms with van der Waals surface area (Å²) in [5, 5.41) is 0. The summed E-state index contributed by atoms with van der Waals surface area (Å²) in [4.78, 5) is 8.83. The van der Waals surface area contributed by atoms with Crippen LogP contribution in [0.2, 0.25) is 0 Å². The number of nitrogens with zero attached hydrogens (tertiary/aromatic N) is 1. The maximum atomic E-state index is 5.13. The quantitative estimate of drug-likeness (QED) is 0.398. The molecule has 1 aromatic heterocycles. The molecule has 0 saturated heterocycles. The summed E-state index contributed by atoms with van der Waals surface area (Å²) in [6.45, 7) is 13.0. The minimum absolute atomic E-state index is 0.938. The topological polar surface area (TPSA) is 28.7 Å². The van der Waals surface area contributed by atoms with Gasteiger partial charge in [0.05, 0.1) is 11.4 Å². The summed E-state index contributed by atoms with van der Waals surface area (Å²) in [5.41, 5.74) is 13.3. The van der Waals surface area contributed by atoms with Crippen molar-refractivity contribution in [3.63, 3.8) is 0 Å². The molecule has 0 fully saturated rings. The van der Waals surface area contributed by atoms with E-state index < -0.39 is 0 Å². The number of aromatic amines is 1. The van der Waals surface area contributed by atoms with Crippen LogP contribution in [0.3, 0.4) is 0 Å². The second kappa shape index (κ2) is 7.36. The fourth-order valence-corrected chi connectivity index (χ4v) is 4.61. The highest BCUT2D eigenvalue weighted by atomic mass is 14.9. The van der Waals surface area contributed by atoms with Crippen LogP contribution in [0.4, 0.5) is 0 Å². The first-order valence-electron chi connectivity index (χ1n) is 10.2. The van der Waals surface area contributed by atoms with E-state index in [0.29, 0.717) is 0 Å². The second-order valence-electron chi connectivity index (χ2n) is 8.22. The van der Waals surface area contributed by atoms with Crippen molar-refractivity contribution in [3.8, 4) is 33.9 Å². The molecule has 0 radical (unpaired) electrons. The highest BCUT2D eigenvalue weighted by Crippen LogP contribution is 2.38. The minimum Gasteiger partial charge on any atom is -0.337 e. The molecular formula is C27H28N2. The Bertz CT molecular complexity index is 1150. The molecular weight excluding hydrogens is 352 g/mol. The highest BCUT2D eigenvalue weighted by Gasteiger charge is 2.20. The number of H-pyrrole nitrogens is 1. The van der Waals surface area contributed by atoms with Crippen LogP contribution in [0.5, 0.6) is 0 Å². The molecule has 0 spiro atoms. The van der Waals surface area contributed by atoms with Gasteiger partial charge in [-0.25, -0.2) is 4.98 Å². The van der Waals surface area contributed by atoms with Gasteiger partial charge in [-0.1, -0.05) is 65.7 Å². The van der Waals surface area contributed by atoms with Crippen LogP contribution in [0.25, 0.3) is 33.9 Å². The molecule has 2 heteroatoms. The number of aryl methyl sites for hydroxylation is 6. The normalized spacial score (nSPS) is 11.1. The van der Waals surface area contributed by atoms with Crippen molar-refractivity contribution in [2.45, 2.75) is 41.5 Å². The van der Waals surface area contributed by atoms with Crippen LogP contribution in [0.1, 0.15) is 33.4 Å². The fraction of sp³-hybridized carbons (Fsp3) is 0.222. The summed E-state index contributed by atoms with van der Waals surface area (Å²) >= 11 is 0. The lowest BCUT2D eigenvalue weighted by molar-refractivity contribution is 1.24. The van der Waals surface area contributed by atoms with Crippen LogP contribution < -0.4 is 0 Å². The minimum atomic E-state index is 0.938. The smallest absolute Gasteiger partial charge is 0.139 e. The molecule has 0 aliphatic heterocycles. The van der Waals surface area contributed by atoms with Gasteiger partial charge in [-0.15, -0.1) is 0 Å². The van der Waals surface area contributed by atoms with Crippen LogP contribution in [-0.2, 0) is 0 Å². The van der Waals surface area contributed by atoms with Gasteiger partial charge in [0.2, 0.25) is 0 Å². The third-order valence-corrected chi connectivity index (χ3v) is 5.59. The Morgan fingerprint density at radius 2 is 1.10 bits per heavy atom. The zero-order valence-corrected chi connectivity index (χ0v) is 18.1. The fourth-order valence-electron chi connectivity index (χ4n) is 4.61. The predicted octanol–water partition coefficient (Wildman–Crippen LogP) is 7.26. The SMILES string of the molecule is Cc1cc(C)c(-c2nc(-c3ccccc3)c(-c3c(C)cc(C)cc3C)[nH]2)c(C)c1. The largest absolute Gasteiger partial charge is 0.337 e. The number of aromatic nitrogens is 2. The van der Waals surface area contributed by atoms with E-state index in [-0.39, 0.29) is 0 Å². The van der Waals surface area contributed by atoms with Gasteiger partial charge in [-0.2, -0.15) is 0 Å². The molecule has 3 aromatic carbocycles. The molecule has 0 amide bonds. The third kappa shape index (κ3) is 3.51. The standard InChI is InChI=1S/C27H28N2/c1-16-12-18(3)23(19(4)13-16)26-25(22-10-8-7-9-11-22)28-27(29-26)24-20(5)14-17(2)15-21(24)6/h7-15H,1-6H3,(H,28,29). The van der Waals surface area contributed by atoms with Crippen LogP contribution in [0.15, 0.2) is 54.6 Å². The lowest BCUT2D eigenvalue weighted by Crippen LogP contribution is -1.93. The Balaban J connectivity index is 2.02. The van der Waals surface area contributed by atoms with E-state index >= 15 is 0 Å². The van der Waals surface area contributed by atoms with E-state index in [4.69, 9.17) is 4.98 Å². The summed E-state index contributed by atoms with van der Waals surface area (Å²) in [6.07, 6.45) is 0. The molecule has 2 nitrogen and oxygen atoms in total. The van der Waals surface area contributed by atoms with Crippen molar-refractivity contribution in [3.05, 3.63) is 88.0 Å². The lowest BCUT2D eigenvalue weighted by atomic mass is 9.95. The molecule has 4 aromatic rings. The van der Waals surface area contributed by atoms with Crippen molar-refractivity contribution in [2.75, 3.05) is 0 Å². The van der Waals surface area contributed by atoms with E-state index in [1.54, 1.807) is 0 Å². The Kier molecular flexibility index (Phi) is 4.87. The molecule has 0 aliphatic rings. The summed E-state index contributed by atoms with van der Waals surface area (Å²) < 4.78 is 0. The second-order valence-corrected chi connectivity index (χ2v) is 8.22. The molecule has 146 valence electrons. The first kappa shape index (κ1) is 19.2. The molecule has 0 saturated carbocycles. The van der Waals surface area contributed by atoms with E-state index in [1.165, 1.54) is 44.5 Å². The van der Waals surface area contributed by atoms with Crippen LogP contribution >= 0.6 is 0 Å². The Morgan fingerprint density at radius 3 is 1.62 bits per heavy atom. The monoisotopic (exact) mass is 380 g/mol. The summed E-state index contributed by atoms with van der Waals surface area (Å²) in [7, 11) is 0. The first-order valence-corrected chi connectivity index (χ1v) is 10.2. The predicted molar refractivity (Wildman–Crippen MR) is 123 cm³/mol. The van der Waals surface area contributed by atoms with Gasteiger partial charge < -0.3 is 4.98 Å². The molecule has 0 unspecified atom stereocenters. The van der Waals surface area contributed by atoms with E-state index in [2.05, 4.69) is 95.1 Å². The van der Waals surface area contributed by atoms with Crippen molar-refractivity contribution in [1.29, 1.82) is 0 Å². The number of benzene rings is 3. The van der Waals surface area contributed by atoms with Crippen molar-refractivity contribution in [2.24, 2.45) is 0 Å². The average molecular weight is 381 g/mol. The molecule has 0 bridgehead atoms. The van der Waals surface area contributed by atoms with Crippen molar-refractivity contribution >= 4 is 0 Å². The van der Waals surface area contributed by atoms with E-state index in [0.717, 1.165) is 22.8 Å². The van der Waals surface area contributed by atoms with Gasteiger partial charge in [-0.05, 0) is 63.8 Å². The van der Waals surface area contributed by atoms with Gasteiger partial charge in [-0.3, -0.25) is 0 Å². The van der Waals surface area contributed by atoms with Crippen molar-refractivity contribution in [1.82, 2.24) is 9.97 Å². The van der Waals surface area contributed by atoms with E-state index in [9.17, 15) is 0 Å². The zero-order chi connectivity index (χ0) is 20.7. The molecule has 0 atom stereocenters. The first-order chi connectivity index (χ1) is 13.8. The van der Waals surface area contributed by atoms with Gasteiger partial charge in [0.25, 0.3) is 0 Å². The van der Waals surface area contributed by atoms with Gasteiger partial charge in [0.15, 0.2) is 0 Å². The molecule has 4 rings (SSSR count). The Morgan fingerprint density at radius 1 is 0.621 bits per heavy atom. The summed E-state index contributed by atoms with van der Waals surface area (Å²) in [5.74, 6) is 0.938.